The Morgan fingerprint density at radius 2 is 2.10 bits per heavy atom. The SMILES string of the molecule is Cc1cccc2c[nH]cc12. The van der Waals surface area contributed by atoms with Gasteiger partial charge in [0.25, 0.3) is 0 Å². The van der Waals surface area contributed by atoms with Gasteiger partial charge >= 0.3 is 0 Å². The van der Waals surface area contributed by atoms with Crippen LogP contribution < -0.4 is 0 Å². The molecule has 0 bridgehead atoms. The highest BCUT2D eigenvalue weighted by molar-refractivity contribution is 5.84. The Morgan fingerprint density at radius 1 is 1.20 bits per heavy atom. The monoisotopic (exact) mass is 131 g/mol. The number of hydrogen-bond donors (Lipinski definition) is 1. The number of fused-ring (bicyclic) bond motifs is 1. The largest absolute Gasteiger partial charge is 0.366 e. The van der Waals surface area contributed by atoms with Gasteiger partial charge in [0.15, 0.2) is 0 Å². The lowest BCUT2D eigenvalue weighted by Crippen LogP contribution is -1.69. The highest BCUT2D eigenvalue weighted by Crippen LogP contribution is 2.16. The molecule has 1 N–H and O–H groups in total. The van der Waals surface area contributed by atoms with Crippen LogP contribution in [0.25, 0.3) is 10.8 Å². The third-order valence-electron chi connectivity index (χ3n) is 1.82. The lowest BCUT2D eigenvalue weighted by atomic mass is 10.1. The van der Waals surface area contributed by atoms with Crippen molar-refractivity contribution in [3.05, 3.63) is 36.2 Å². The summed E-state index contributed by atoms with van der Waals surface area (Å²) in [6.45, 7) is 2.12. The minimum atomic E-state index is 1.29. The van der Waals surface area contributed by atoms with E-state index in [-0.39, 0.29) is 0 Å². The Kier molecular flexibility index (Phi) is 1.04. The maximum Gasteiger partial charge on any atom is 0.00870 e. The first kappa shape index (κ1) is 5.54. The summed E-state index contributed by atoms with van der Waals surface area (Å²) in [7, 11) is 0. The van der Waals surface area contributed by atoms with E-state index in [9.17, 15) is 0 Å². The lowest BCUT2D eigenvalue weighted by molar-refractivity contribution is 1.42. The quantitative estimate of drug-likeness (QED) is 0.565. The molecule has 2 aromatic rings. The first-order valence-electron chi connectivity index (χ1n) is 3.40. The summed E-state index contributed by atoms with van der Waals surface area (Å²) in [5, 5.41) is 2.61. The van der Waals surface area contributed by atoms with Crippen molar-refractivity contribution in [2.24, 2.45) is 0 Å². The van der Waals surface area contributed by atoms with E-state index < -0.39 is 0 Å². The Hall–Kier alpha value is -1.24. The molecule has 1 aromatic heterocycles. The fraction of sp³-hybridized carbons (Fsp3) is 0.111. The highest BCUT2D eigenvalue weighted by Gasteiger charge is 1.93. The lowest BCUT2D eigenvalue weighted by Gasteiger charge is -1.91. The first-order chi connectivity index (χ1) is 4.88. The van der Waals surface area contributed by atoms with Crippen LogP contribution in [0.5, 0.6) is 0 Å². The zero-order valence-corrected chi connectivity index (χ0v) is 5.89. The Balaban J connectivity index is 2.95. The van der Waals surface area contributed by atoms with Gasteiger partial charge < -0.3 is 4.98 Å². The Morgan fingerprint density at radius 3 is 2.90 bits per heavy atom. The van der Waals surface area contributed by atoms with E-state index in [1.54, 1.807) is 0 Å². The van der Waals surface area contributed by atoms with E-state index in [0.717, 1.165) is 0 Å². The summed E-state index contributed by atoms with van der Waals surface area (Å²) in [6, 6.07) is 6.31. The summed E-state index contributed by atoms with van der Waals surface area (Å²) in [5.74, 6) is 0. The molecule has 0 fully saturated rings. The summed E-state index contributed by atoms with van der Waals surface area (Å²) >= 11 is 0. The molecule has 1 heteroatoms. The van der Waals surface area contributed by atoms with Crippen molar-refractivity contribution in [1.82, 2.24) is 4.98 Å². The molecule has 0 aliphatic rings. The van der Waals surface area contributed by atoms with Crippen molar-refractivity contribution < 1.29 is 0 Å². The fourth-order valence-electron chi connectivity index (χ4n) is 1.24. The fourth-order valence-corrected chi connectivity index (χ4v) is 1.24. The van der Waals surface area contributed by atoms with E-state index >= 15 is 0 Å². The number of aromatic nitrogens is 1. The van der Waals surface area contributed by atoms with Crippen LogP contribution >= 0.6 is 0 Å². The summed E-state index contributed by atoms with van der Waals surface area (Å²) in [4.78, 5) is 3.08. The van der Waals surface area contributed by atoms with Crippen molar-refractivity contribution in [1.29, 1.82) is 0 Å². The van der Waals surface area contributed by atoms with Gasteiger partial charge in [-0.05, 0) is 17.9 Å². The minimum absolute atomic E-state index is 1.29. The van der Waals surface area contributed by atoms with E-state index in [2.05, 4.69) is 30.1 Å². The van der Waals surface area contributed by atoms with Crippen molar-refractivity contribution >= 4 is 10.8 Å². The number of H-pyrrole nitrogens is 1. The average molecular weight is 131 g/mol. The van der Waals surface area contributed by atoms with Gasteiger partial charge in [0.05, 0.1) is 0 Å². The van der Waals surface area contributed by atoms with Crippen LogP contribution in [0.4, 0.5) is 0 Å². The molecule has 50 valence electrons. The second-order valence-electron chi connectivity index (χ2n) is 2.53. The number of hydrogen-bond acceptors (Lipinski definition) is 0. The molecular weight excluding hydrogens is 122 g/mol. The van der Waals surface area contributed by atoms with Gasteiger partial charge in [-0.25, -0.2) is 0 Å². The van der Waals surface area contributed by atoms with Crippen LogP contribution in [0.3, 0.4) is 0 Å². The molecule has 0 aliphatic heterocycles. The first-order valence-corrected chi connectivity index (χ1v) is 3.40. The predicted molar refractivity (Wildman–Crippen MR) is 43.0 cm³/mol. The van der Waals surface area contributed by atoms with Crippen molar-refractivity contribution in [2.75, 3.05) is 0 Å². The topological polar surface area (TPSA) is 15.8 Å². The molecule has 0 unspecified atom stereocenters. The molecule has 1 heterocycles. The number of benzene rings is 1. The normalized spacial score (nSPS) is 10.5. The van der Waals surface area contributed by atoms with Crippen LogP contribution in [0, 0.1) is 6.92 Å². The number of aromatic amines is 1. The van der Waals surface area contributed by atoms with Crippen molar-refractivity contribution in [3.63, 3.8) is 0 Å². The van der Waals surface area contributed by atoms with Gasteiger partial charge in [-0.15, -0.1) is 0 Å². The molecule has 1 nitrogen and oxygen atoms in total. The molecule has 0 amide bonds. The smallest absolute Gasteiger partial charge is 0.00870 e. The van der Waals surface area contributed by atoms with Gasteiger partial charge in [-0.1, -0.05) is 18.2 Å². The highest BCUT2D eigenvalue weighted by atomic mass is 14.6. The summed E-state index contributed by atoms with van der Waals surface area (Å²) in [5.41, 5.74) is 1.33. The zero-order valence-electron chi connectivity index (χ0n) is 5.89. The molecule has 0 saturated carbocycles. The van der Waals surface area contributed by atoms with Crippen molar-refractivity contribution in [2.45, 2.75) is 6.92 Å². The zero-order chi connectivity index (χ0) is 6.97. The van der Waals surface area contributed by atoms with Gasteiger partial charge in [0.1, 0.15) is 0 Å². The number of rotatable bonds is 0. The van der Waals surface area contributed by atoms with E-state index in [1.807, 2.05) is 12.4 Å². The maximum atomic E-state index is 3.08. The van der Waals surface area contributed by atoms with E-state index in [0.29, 0.717) is 0 Å². The second kappa shape index (κ2) is 1.87. The Labute approximate surface area is 59.7 Å². The summed E-state index contributed by atoms with van der Waals surface area (Å²) < 4.78 is 0. The van der Waals surface area contributed by atoms with E-state index in [4.69, 9.17) is 0 Å². The molecule has 1 aromatic carbocycles. The number of aryl methyl sites for hydroxylation is 1. The molecule has 0 saturated heterocycles. The van der Waals surface area contributed by atoms with Gasteiger partial charge in [-0.3, -0.25) is 0 Å². The van der Waals surface area contributed by atoms with Crippen LogP contribution in [0.2, 0.25) is 0 Å². The Bertz CT molecular complexity index is 346. The van der Waals surface area contributed by atoms with Crippen molar-refractivity contribution in [3.8, 4) is 0 Å². The van der Waals surface area contributed by atoms with Crippen LogP contribution in [0.1, 0.15) is 5.56 Å². The maximum absolute atomic E-state index is 3.08. The van der Waals surface area contributed by atoms with Gasteiger partial charge in [0.2, 0.25) is 0 Å². The molecule has 0 aliphatic carbocycles. The molecule has 0 atom stereocenters. The average Bonchev–Trinajstić information content (AvgIpc) is 2.36. The number of nitrogens with one attached hydrogen (secondary N) is 1. The predicted octanol–water partition coefficient (Wildman–Crippen LogP) is 2.48. The molecule has 2 rings (SSSR count). The third-order valence-corrected chi connectivity index (χ3v) is 1.82. The van der Waals surface area contributed by atoms with Gasteiger partial charge in [0, 0.05) is 17.8 Å². The minimum Gasteiger partial charge on any atom is -0.366 e. The standard InChI is InChI=1S/C9H9N/c1-7-3-2-4-8-5-10-6-9(7)8/h2-6,10H,1H3. The van der Waals surface area contributed by atoms with Gasteiger partial charge in [-0.2, -0.15) is 0 Å². The third kappa shape index (κ3) is 0.637. The molecule has 0 radical (unpaired) electrons. The molecular formula is C9H9N. The molecule has 10 heavy (non-hydrogen) atoms. The summed E-state index contributed by atoms with van der Waals surface area (Å²) in [6.07, 6.45) is 4.05. The second-order valence-corrected chi connectivity index (χ2v) is 2.53. The molecule has 0 spiro atoms. The van der Waals surface area contributed by atoms with Crippen LogP contribution in [-0.2, 0) is 0 Å². The van der Waals surface area contributed by atoms with Crippen LogP contribution in [-0.4, -0.2) is 4.98 Å². The van der Waals surface area contributed by atoms with Crippen LogP contribution in [0.15, 0.2) is 30.6 Å². The van der Waals surface area contributed by atoms with E-state index in [1.165, 1.54) is 16.3 Å².